The number of benzene rings is 2. The molecule has 0 aliphatic rings. The number of amides is 1. The molecule has 2 aromatic rings. The fourth-order valence-electron chi connectivity index (χ4n) is 2.11. The largest absolute Gasteiger partial charge is 0.355 e. The molecule has 5 heteroatoms. The Morgan fingerprint density at radius 1 is 1.00 bits per heavy atom. The van der Waals surface area contributed by atoms with Crippen LogP contribution in [0.5, 0.6) is 0 Å². The Labute approximate surface area is 151 Å². The van der Waals surface area contributed by atoms with E-state index in [9.17, 15) is 4.79 Å². The highest BCUT2D eigenvalue weighted by atomic mass is 35.5. The van der Waals surface area contributed by atoms with E-state index in [0.717, 1.165) is 34.2 Å². The zero-order valence-electron chi connectivity index (χ0n) is 12.7. The molecule has 0 saturated heterocycles. The van der Waals surface area contributed by atoms with E-state index in [1.807, 2.05) is 48.5 Å². The second-order valence-electron chi connectivity index (χ2n) is 5.20. The van der Waals surface area contributed by atoms with E-state index >= 15 is 0 Å². The van der Waals surface area contributed by atoms with Gasteiger partial charge in [0.1, 0.15) is 0 Å². The average Bonchev–Trinajstić information content (AvgIpc) is 2.53. The number of carbonyl (C=O) groups is 1. The van der Waals surface area contributed by atoms with Crippen molar-refractivity contribution >= 4 is 40.9 Å². The number of hydrogen-bond donors (Lipinski definition) is 1. The lowest BCUT2D eigenvalue weighted by Crippen LogP contribution is -2.26. The number of rotatable bonds is 8. The van der Waals surface area contributed by atoms with Crippen LogP contribution in [0.15, 0.2) is 48.5 Å². The van der Waals surface area contributed by atoms with Gasteiger partial charge in [0.15, 0.2) is 0 Å². The highest BCUT2D eigenvalue weighted by molar-refractivity contribution is 7.99. The SMILES string of the molecule is O=C(CSCc1cccc(Cl)c1)NCCCc1ccc(Cl)cc1. The summed E-state index contributed by atoms with van der Waals surface area (Å²) >= 11 is 13.4. The van der Waals surface area contributed by atoms with Gasteiger partial charge in [-0.15, -0.1) is 11.8 Å². The van der Waals surface area contributed by atoms with Gasteiger partial charge in [-0.1, -0.05) is 47.5 Å². The maximum atomic E-state index is 11.8. The highest BCUT2D eigenvalue weighted by Gasteiger charge is 2.02. The van der Waals surface area contributed by atoms with Crippen molar-refractivity contribution in [1.29, 1.82) is 0 Å². The molecule has 1 N–H and O–H groups in total. The molecule has 0 heterocycles. The molecule has 0 aliphatic carbocycles. The van der Waals surface area contributed by atoms with Crippen LogP contribution in [0.3, 0.4) is 0 Å². The van der Waals surface area contributed by atoms with E-state index in [1.54, 1.807) is 11.8 Å². The summed E-state index contributed by atoms with van der Waals surface area (Å²) in [5, 5.41) is 4.43. The monoisotopic (exact) mass is 367 g/mol. The van der Waals surface area contributed by atoms with E-state index in [0.29, 0.717) is 12.3 Å². The molecule has 2 rings (SSSR count). The predicted octanol–water partition coefficient (Wildman–Crippen LogP) is 4.98. The van der Waals surface area contributed by atoms with E-state index in [1.165, 1.54) is 5.56 Å². The summed E-state index contributed by atoms with van der Waals surface area (Å²) < 4.78 is 0. The number of aryl methyl sites for hydroxylation is 1. The van der Waals surface area contributed by atoms with E-state index in [4.69, 9.17) is 23.2 Å². The highest BCUT2D eigenvalue weighted by Crippen LogP contribution is 2.16. The van der Waals surface area contributed by atoms with E-state index < -0.39 is 0 Å². The lowest BCUT2D eigenvalue weighted by Gasteiger charge is -2.06. The predicted molar refractivity (Wildman–Crippen MR) is 100 cm³/mol. The molecule has 0 atom stereocenters. The van der Waals surface area contributed by atoms with Crippen LogP contribution in [0, 0.1) is 0 Å². The fraction of sp³-hybridized carbons (Fsp3) is 0.278. The summed E-state index contributed by atoms with van der Waals surface area (Å²) in [7, 11) is 0. The van der Waals surface area contributed by atoms with Crippen molar-refractivity contribution < 1.29 is 4.79 Å². The first kappa shape index (κ1) is 18.2. The molecule has 2 nitrogen and oxygen atoms in total. The van der Waals surface area contributed by atoms with Gasteiger partial charge in [-0.25, -0.2) is 0 Å². The summed E-state index contributed by atoms with van der Waals surface area (Å²) in [6, 6.07) is 15.5. The van der Waals surface area contributed by atoms with Crippen LogP contribution in [0.4, 0.5) is 0 Å². The van der Waals surface area contributed by atoms with Gasteiger partial charge in [0, 0.05) is 22.3 Å². The van der Waals surface area contributed by atoms with Crippen LogP contribution in [0.1, 0.15) is 17.5 Å². The van der Waals surface area contributed by atoms with Gasteiger partial charge in [0.2, 0.25) is 5.91 Å². The Hall–Kier alpha value is -1.16. The molecular formula is C18H19Cl2NOS. The summed E-state index contributed by atoms with van der Waals surface area (Å²) in [4.78, 5) is 11.8. The van der Waals surface area contributed by atoms with Crippen molar-refractivity contribution in [2.24, 2.45) is 0 Å². The molecule has 0 unspecified atom stereocenters. The van der Waals surface area contributed by atoms with E-state index in [-0.39, 0.29) is 5.91 Å². The Kier molecular flexibility index (Phi) is 7.80. The topological polar surface area (TPSA) is 29.1 Å². The molecule has 0 aromatic heterocycles. The van der Waals surface area contributed by atoms with Gasteiger partial charge >= 0.3 is 0 Å². The second kappa shape index (κ2) is 9.86. The van der Waals surface area contributed by atoms with Crippen LogP contribution < -0.4 is 5.32 Å². The second-order valence-corrected chi connectivity index (χ2v) is 7.06. The first-order valence-corrected chi connectivity index (χ1v) is 9.38. The molecule has 23 heavy (non-hydrogen) atoms. The third kappa shape index (κ3) is 7.30. The molecule has 1 amide bonds. The van der Waals surface area contributed by atoms with E-state index in [2.05, 4.69) is 5.32 Å². The Morgan fingerprint density at radius 3 is 2.52 bits per heavy atom. The van der Waals surface area contributed by atoms with Gasteiger partial charge in [0.05, 0.1) is 5.75 Å². The standard InChI is InChI=1S/C18H19Cl2NOS/c19-16-8-6-14(7-9-16)4-2-10-21-18(22)13-23-12-15-3-1-5-17(20)11-15/h1,3,5-9,11H,2,4,10,12-13H2,(H,21,22). The lowest BCUT2D eigenvalue weighted by atomic mass is 10.1. The third-order valence-electron chi connectivity index (χ3n) is 3.27. The first-order chi connectivity index (χ1) is 11.1. The van der Waals surface area contributed by atoms with Crippen molar-refractivity contribution in [1.82, 2.24) is 5.32 Å². The molecule has 0 radical (unpaired) electrons. The zero-order chi connectivity index (χ0) is 16.5. The number of nitrogens with one attached hydrogen (secondary N) is 1. The van der Waals surface area contributed by atoms with Crippen LogP contribution in [0.25, 0.3) is 0 Å². The van der Waals surface area contributed by atoms with Crippen molar-refractivity contribution in [2.75, 3.05) is 12.3 Å². The Morgan fingerprint density at radius 2 is 1.78 bits per heavy atom. The van der Waals surface area contributed by atoms with Crippen LogP contribution in [-0.2, 0) is 17.0 Å². The van der Waals surface area contributed by atoms with Crippen LogP contribution in [0.2, 0.25) is 10.0 Å². The smallest absolute Gasteiger partial charge is 0.230 e. The minimum absolute atomic E-state index is 0.0770. The van der Waals surface area contributed by atoms with Gasteiger partial charge in [-0.3, -0.25) is 4.79 Å². The molecule has 0 saturated carbocycles. The van der Waals surface area contributed by atoms with Gasteiger partial charge < -0.3 is 5.32 Å². The molecule has 0 bridgehead atoms. The zero-order valence-corrected chi connectivity index (χ0v) is 15.1. The quantitative estimate of drug-likeness (QED) is 0.666. The molecule has 0 aliphatic heterocycles. The minimum Gasteiger partial charge on any atom is -0.355 e. The number of carbonyl (C=O) groups excluding carboxylic acids is 1. The Bertz CT molecular complexity index is 631. The van der Waals surface area contributed by atoms with Crippen molar-refractivity contribution in [3.8, 4) is 0 Å². The molecule has 0 spiro atoms. The molecule has 122 valence electrons. The van der Waals surface area contributed by atoms with Gasteiger partial charge in [-0.05, 0) is 48.2 Å². The summed E-state index contributed by atoms with van der Waals surface area (Å²) in [5.41, 5.74) is 2.37. The normalized spacial score (nSPS) is 10.5. The molecular weight excluding hydrogens is 349 g/mol. The number of halogens is 2. The van der Waals surface area contributed by atoms with Crippen LogP contribution in [-0.4, -0.2) is 18.2 Å². The first-order valence-electron chi connectivity index (χ1n) is 7.47. The maximum Gasteiger partial charge on any atom is 0.230 e. The summed E-state index contributed by atoms with van der Waals surface area (Å²) in [5.74, 6) is 1.33. The third-order valence-corrected chi connectivity index (χ3v) is 4.76. The minimum atomic E-state index is 0.0770. The average molecular weight is 368 g/mol. The van der Waals surface area contributed by atoms with Crippen LogP contribution >= 0.6 is 35.0 Å². The number of thioether (sulfide) groups is 1. The summed E-state index contributed by atoms with van der Waals surface area (Å²) in [6.07, 6.45) is 1.86. The fourth-order valence-corrected chi connectivity index (χ4v) is 3.25. The van der Waals surface area contributed by atoms with Crippen molar-refractivity contribution in [3.05, 3.63) is 69.7 Å². The lowest BCUT2D eigenvalue weighted by molar-refractivity contribution is -0.118. The molecule has 0 fully saturated rings. The Balaban J connectivity index is 1.57. The van der Waals surface area contributed by atoms with Crippen molar-refractivity contribution in [3.63, 3.8) is 0 Å². The summed E-state index contributed by atoms with van der Waals surface area (Å²) in [6.45, 7) is 0.694. The maximum absolute atomic E-state index is 11.8. The molecule has 2 aromatic carbocycles. The van der Waals surface area contributed by atoms with Crippen molar-refractivity contribution in [2.45, 2.75) is 18.6 Å². The van der Waals surface area contributed by atoms with Gasteiger partial charge in [0.25, 0.3) is 0 Å². The van der Waals surface area contributed by atoms with Gasteiger partial charge in [-0.2, -0.15) is 0 Å². The number of hydrogen-bond acceptors (Lipinski definition) is 2.